The van der Waals surface area contributed by atoms with E-state index in [0.29, 0.717) is 19.2 Å². The molecule has 0 aliphatic carbocycles. The number of ether oxygens (including phenoxy) is 2. The molecule has 0 fully saturated rings. The number of nitrogens with zero attached hydrogens (tertiary/aromatic N) is 2. The second kappa shape index (κ2) is 7.64. The Morgan fingerprint density at radius 3 is 2.86 bits per heavy atom. The van der Waals surface area contributed by atoms with E-state index in [0.717, 1.165) is 17.6 Å². The van der Waals surface area contributed by atoms with Gasteiger partial charge in [0.2, 0.25) is 5.95 Å². The fraction of sp³-hybridized carbons (Fsp3) is 0.467. The lowest BCUT2D eigenvalue weighted by atomic mass is 10.3. The summed E-state index contributed by atoms with van der Waals surface area (Å²) in [5.41, 5.74) is 1.77. The average Bonchev–Trinajstić information content (AvgIpc) is 2.82. The zero-order valence-electron chi connectivity index (χ0n) is 12.5. The number of carbonyl (C=O) groups is 1. The van der Waals surface area contributed by atoms with E-state index < -0.39 is 0 Å². The van der Waals surface area contributed by atoms with Gasteiger partial charge in [-0.05, 0) is 26.0 Å². The number of rotatable bonds is 8. The lowest BCUT2D eigenvalue weighted by Gasteiger charge is -2.10. The number of nitrogens with one attached hydrogen (secondary N) is 1. The Morgan fingerprint density at radius 2 is 2.10 bits per heavy atom. The van der Waals surface area contributed by atoms with Crippen LogP contribution in [-0.4, -0.2) is 41.9 Å². The summed E-state index contributed by atoms with van der Waals surface area (Å²) >= 11 is 0. The third-order valence-corrected chi connectivity index (χ3v) is 2.97. The summed E-state index contributed by atoms with van der Waals surface area (Å²) in [5, 5.41) is 3.17. The Labute approximate surface area is 124 Å². The Hall–Kier alpha value is -2.08. The van der Waals surface area contributed by atoms with E-state index in [9.17, 15) is 4.79 Å². The van der Waals surface area contributed by atoms with E-state index in [-0.39, 0.29) is 19.1 Å². The molecule has 2 rings (SSSR count). The number of aromatic nitrogens is 2. The zero-order valence-corrected chi connectivity index (χ0v) is 12.5. The minimum absolute atomic E-state index is 0.134. The fourth-order valence-corrected chi connectivity index (χ4v) is 2.06. The highest BCUT2D eigenvalue weighted by Crippen LogP contribution is 2.19. The Balaban J connectivity index is 2.08. The van der Waals surface area contributed by atoms with Gasteiger partial charge in [0, 0.05) is 13.2 Å². The van der Waals surface area contributed by atoms with E-state index >= 15 is 0 Å². The number of benzene rings is 1. The molecule has 0 saturated carbocycles. The van der Waals surface area contributed by atoms with Crippen LogP contribution in [0.3, 0.4) is 0 Å². The third-order valence-electron chi connectivity index (χ3n) is 2.97. The van der Waals surface area contributed by atoms with Crippen molar-refractivity contribution in [1.29, 1.82) is 0 Å². The van der Waals surface area contributed by atoms with Crippen molar-refractivity contribution >= 4 is 23.0 Å². The lowest BCUT2D eigenvalue weighted by molar-refractivity contribution is -0.145. The molecule has 114 valence electrons. The molecule has 0 amide bonds. The van der Waals surface area contributed by atoms with Gasteiger partial charge in [0.1, 0.15) is 13.2 Å². The van der Waals surface area contributed by atoms with Gasteiger partial charge in [-0.1, -0.05) is 12.1 Å². The zero-order chi connectivity index (χ0) is 15.1. The summed E-state index contributed by atoms with van der Waals surface area (Å²) in [4.78, 5) is 16.4. The maximum atomic E-state index is 11.9. The smallest absolute Gasteiger partial charge is 0.326 e. The highest BCUT2D eigenvalue weighted by Gasteiger charge is 2.13. The second-order valence-electron chi connectivity index (χ2n) is 4.46. The molecule has 0 saturated heterocycles. The molecule has 6 nitrogen and oxygen atoms in total. The highest BCUT2D eigenvalue weighted by atomic mass is 16.6. The predicted molar refractivity (Wildman–Crippen MR) is 81.3 cm³/mol. The van der Waals surface area contributed by atoms with Gasteiger partial charge in [0.15, 0.2) is 0 Å². The first-order valence-corrected chi connectivity index (χ1v) is 7.18. The standard InChI is InChI=1S/C15H21N3O3/c1-3-16-15-17-12-7-5-6-8-13(12)18(15)11-14(19)21-10-9-20-4-2/h5-8H,3-4,9-11H2,1-2H3,(H,16,17). The van der Waals surface area contributed by atoms with Gasteiger partial charge in [0.25, 0.3) is 0 Å². The van der Waals surface area contributed by atoms with Crippen molar-refractivity contribution in [1.82, 2.24) is 9.55 Å². The van der Waals surface area contributed by atoms with Crippen LogP contribution in [0.5, 0.6) is 0 Å². The number of hydrogen-bond acceptors (Lipinski definition) is 5. The topological polar surface area (TPSA) is 65.4 Å². The third kappa shape index (κ3) is 3.95. The molecule has 6 heteroatoms. The van der Waals surface area contributed by atoms with Crippen LogP contribution in [-0.2, 0) is 20.8 Å². The molecule has 2 aromatic rings. The van der Waals surface area contributed by atoms with Crippen LogP contribution in [0.15, 0.2) is 24.3 Å². The quantitative estimate of drug-likeness (QED) is 0.595. The van der Waals surface area contributed by atoms with Crippen LogP contribution >= 0.6 is 0 Å². The Bertz CT molecular complexity index is 595. The van der Waals surface area contributed by atoms with Crippen LogP contribution < -0.4 is 5.32 Å². The SMILES string of the molecule is CCNc1nc2ccccc2n1CC(=O)OCCOCC. The molecule has 1 heterocycles. The summed E-state index contributed by atoms with van der Waals surface area (Å²) in [5.74, 6) is 0.387. The predicted octanol–water partition coefficient (Wildman–Crippen LogP) is 2.05. The molecule has 0 radical (unpaired) electrons. The molecule has 1 aromatic carbocycles. The van der Waals surface area contributed by atoms with Gasteiger partial charge in [-0.15, -0.1) is 0 Å². The van der Waals surface area contributed by atoms with Crippen molar-refractivity contribution in [2.24, 2.45) is 0 Å². The molecular formula is C15H21N3O3. The molecule has 0 bridgehead atoms. The molecule has 0 spiro atoms. The molecular weight excluding hydrogens is 270 g/mol. The molecule has 0 unspecified atom stereocenters. The minimum atomic E-state index is -0.294. The van der Waals surface area contributed by atoms with Gasteiger partial charge < -0.3 is 14.8 Å². The second-order valence-corrected chi connectivity index (χ2v) is 4.46. The summed E-state index contributed by atoms with van der Waals surface area (Å²) in [6.45, 7) is 6.08. The number of esters is 1. The van der Waals surface area contributed by atoms with E-state index in [1.165, 1.54) is 0 Å². The molecule has 1 N–H and O–H groups in total. The first kappa shape index (κ1) is 15.3. The average molecular weight is 291 g/mol. The van der Waals surface area contributed by atoms with Gasteiger partial charge in [0.05, 0.1) is 17.6 Å². The van der Waals surface area contributed by atoms with Gasteiger partial charge in [-0.2, -0.15) is 0 Å². The molecule has 0 aliphatic heterocycles. The molecule has 1 aromatic heterocycles. The van der Waals surface area contributed by atoms with Crippen LogP contribution in [0, 0.1) is 0 Å². The normalized spacial score (nSPS) is 10.8. The Morgan fingerprint density at radius 1 is 1.29 bits per heavy atom. The van der Waals surface area contributed by atoms with E-state index in [2.05, 4.69) is 10.3 Å². The van der Waals surface area contributed by atoms with E-state index in [4.69, 9.17) is 9.47 Å². The van der Waals surface area contributed by atoms with Crippen LogP contribution in [0.25, 0.3) is 11.0 Å². The number of carbonyl (C=O) groups excluding carboxylic acids is 1. The van der Waals surface area contributed by atoms with Gasteiger partial charge >= 0.3 is 5.97 Å². The van der Waals surface area contributed by atoms with E-state index in [1.54, 1.807) is 0 Å². The van der Waals surface area contributed by atoms with Crippen molar-refractivity contribution in [2.45, 2.75) is 20.4 Å². The first-order valence-electron chi connectivity index (χ1n) is 7.18. The van der Waals surface area contributed by atoms with Crippen molar-refractivity contribution in [2.75, 3.05) is 31.7 Å². The number of anilines is 1. The first-order chi connectivity index (χ1) is 10.3. The fourth-order valence-electron chi connectivity index (χ4n) is 2.06. The summed E-state index contributed by atoms with van der Waals surface area (Å²) in [6.07, 6.45) is 0. The Kier molecular flexibility index (Phi) is 5.57. The summed E-state index contributed by atoms with van der Waals surface area (Å²) < 4.78 is 12.1. The molecule has 21 heavy (non-hydrogen) atoms. The molecule has 0 atom stereocenters. The van der Waals surface area contributed by atoms with Gasteiger partial charge in [-0.3, -0.25) is 9.36 Å². The lowest BCUT2D eigenvalue weighted by Crippen LogP contribution is -2.18. The van der Waals surface area contributed by atoms with Crippen molar-refractivity contribution in [3.63, 3.8) is 0 Å². The monoisotopic (exact) mass is 291 g/mol. The number of fused-ring (bicyclic) bond motifs is 1. The maximum Gasteiger partial charge on any atom is 0.326 e. The number of imidazole rings is 1. The van der Waals surface area contributed by atoms with Crippen molar-refractivity contribution in [3.05, 3.63) is 24.3 Å². The maximum absolute atomic E-state index is 11.9. The number of para-hydroxylation sites is 2. The minimum Gasteiger partial charge on any atom is -0.462 e. The summed E-state index contributed by atoms with van der Waals surface area (Å²) in [6, 6.07) is 7.72. The van der Waals surface area contributed by atoms with E-state index in [1.807, 2.05) is 42.7 Å². The van der Waals surface area contributed by atoms with Crippen LogP contribution in [0.2, 0.25) is 0 Å². The number of hydrogen-bond donors (Lipinski definition) is 1. The highest BCUT2D eigenvalue weighted by molar-refractivity contribution is 5.81. The largest absolute Gasteiger partial charge is 0.462 e. The van der Waals surface area contributed by atoms with Crippen LogP contribution in [0.4, 0.5) is 5.95 Å². The van der Waals surface area contributed by atoms with Crippen molar-refractivity contribution in [3.8, 4) is 0 Å². The van der Waals surface area contributed by atoms with Crippen LogP contribution in [0.1, 0.15) is 13.8 Å². The van der Waals surface area contributed by atoms with Crippen molar-refractivity contribution < 1.29 is 14.3 Å². The molecule has 0 aliphatic rings. The van der Waals surface area contributed by atoms with Gasteiger partial charge in [-0.25, -0.2) is 4.98 Å². The summed E-state index contributed by atoms with van der Waals surface area (Å²) in [7, 11) is 0.